The van der Waals surface area contributed by atoms with Crippen LogP contribution >= 0.6 is 0 Å². The number of ether oxygens (including phenoxy) is 1. The van der Waals surface area contributed by atoms with Crippen molar-refractivity contribution in [3.05, 3.63) is 59.7 Å². The lowest BCUT2D eigenvalue weighted by Crippen LogP contribution is -2.23. The van der Waals surface area contributed by atoms with E-state index >= 15 is 0 Å². The molecule has 0 aromatic heterocycles. The third-order valence-electron chi connectivity index (χ3n) is 4.26. The first-order chi connectivity index (χ1) is 12.9. The van der Waals surface area contributed by atoms with Crippen molar-refractivity contribution in [1.29, 1.82) is 0 Å². The summed E-state index contributed by atoms with van der Waals surface area (Å²) < 4.78 is 31.9. The van der Waals surface area contributed by atoms with E-state index in [0.29, 0.717) is 29.8 Å². The van der Waals surface area contributed by atoms with Gasteiger partial charge < -0.3 is 9.64 Å². The van der Waals surface area contributed by atoms with Gasteiger partial charge in [-0.15, -0.1) is 0 Å². The molecule has 3 rings (SSSR count). The molecule has 0 radical (unpaired) electrons. The first-order valence-corrected chi connectivity index (χ1v) is 10.1. The van der Waals surface area contributed by atoms with E-state index in [-0.39, 0.29) is 11.7 Å². The van der Waals surface area contributed by atoms with Crippen LogP contribution in [-0.4, -0.2) is 33.9 Å². The molecule has 0 spiro atoms. The Bertz CT molecular complexity index is 937. The number of nitrogens with one attached hydrogen (secondary N) is 1. The molecule has 2 aromatic rings. The molecule has 1 fully saturated rings. The zero-order valence-electron chi connectivity index (χ0n) is 14.8. The maximum absolute atomic E-state index is 12.4. The maximum atomic E-state index is 12.4. The largest absolute Gasteiger partial charge is 0.465 e. The third-order valence-corrected chi connectivity index (χ3v) is 5.52. The molecule has 0 saturated carbocycles. The minimum atomic E-state index is -3.62. The van der Waals surface area contributed by atoms with Gasteiger partial charge in [0.2, 0.25) is 15.9 Å². The number of methoxy groups -OCH3 is 1. The Hall–Kier alpha value is -2.87. The summed E-state index contributed by atoms with van der Waals surface area (Å²) in [5.41, 5.74) is 2.10. The number of sulfonamides is 1. The van der Waals surface area contributed by atoms with E-state index in [1.165, 1.54) is 19.2 Å². The summed E-state index contributed by atoms with van der Waals surface area (Å²) in [5.74, 6) is -0.612. The molecule has 0 atom stereocenters. The smallest absolute Gasteiger partial charge is 0.337 e. The molecule has 1 N–H and O–H groups in total. The predicted molar refractivity (Wildman–Crippen MR) is 102 cm³/mol. The van der Waals surface area contributed by atoms with E-state index in [1.807, 2.05) is 0 Å². The van der Waals surface area contributed by atoms with Crippen molar-refractivity contribution in [2.45, 2.75) is 18.6 Å². The summed E-state index contributed by atoms with van der Waals surface area (Å²) in [6.45, 7) is 0.686. The minimum Gasteiger partial charge on any atom is -0.465 e. The molecular formula is C19H20N2O5S. The Morgan fingerprint density at radius 2 is 1.78 bits per heavy atom. The first-order valence-electron chi connectivity index (χ1n) is 8.46. The standard InChI is InChI=1S/C19H20N2O5S/c1-26-19(23)15-6-4-14(5-7-15)13-27(24,25)20-16-8-10-17(11-9-16)21-12-2-3-18(21)22/h4-11,20H,2-3,12-13H2,1H3. The normalized spacial score (nSPS) is 14.3. The number of hydrogen-bond acceptors (Lipinski definition) is 5. The molecular weight excluding hydrogens is 368 g/mol. The lowest BCUT2D eigenvalue weighted by Gasteiger charge is -2.16. The molecule has 1 aliphatic heterocycles. The maximum Gasteiger partial charge on any atom is 0.337 e. The molecule has 1 heterocycles. The number of esters is 1. The number of carbonyl (C=O) groups is 2. The number of nitrogens with zero attached hydrogens (tertiary/aromatic N) is 1. The lowest BCUT2D eigenvalue weighted by atomic mass is 10.1. The van der Waals surface area contributed by atoms with E-state index in [1.54, 1.807) is 41.3 Å². The second-order valence-corrected chi connectivity index (χ2v) is 7.97. The van der Waals surface area contributed by atoms with Gasteiger partial charge in [-0.2, -0.15) is 0 Å². The van der Waals surface area contributed by atoms with Gasteiger partial charge in [0.05, 0.1) is 18.4 Å². The van der Waals surface area contributed by atoms with Crippen molar-refractivity contribution in [2.24, 2.45) is 0 Å². The van der Waals surface area contributed by atoms with Crippen molar-refractivity contribution in [1.82, 2.24) is 0 Å². The van der Waals surface area contributed by atoms with E-state index in [0.717, 1.165) is 12.1 Å². The molecule has 0 bridgehead atoms. The summed E-state index contributed by atoms with van der Waals surface area (Å²) >= 11 is 0. The fourth-order valence-electron chi connectivity index (χ4n) is 2.92. The van der Waals surface area contributed by atoms with Crippen LogP contribution in [0.25, 0.3) is 0 Å². The van der Waals surface area contributed by atoms with Crippen LogP contribution in [0.15, 0.2) is 48.5 Å². The molecule has 0 unspecified atom stereocenters. The fraction of sp³-hybridized carbons (Fsp3) is 0.263. The van der Waals surface area contributed by atoms with Crippen LogP contribution in [0.4, 0.5) is 11.4 Å². The second kappa shape index (κ2) is 7.79. The van der Waals surface area contributed by atoms with Crippen LogP contribution < -0.4 is 9.62 Å². The van der Waals surface area contributed by atoms with Crippen LogP contribution in [0, 0.1) is 0 Å². The van der Waals surface area contributed by atoms with Crippen LogP contribution in [0.1, 0.15) is 28.8 Å². The highest BCUT2D eigenvalue weighted by atomic mass is 32.2. The van der Waals surface area contributed by atoms with E-state index in [9.17, 15) is 18.0 Å². The van der Waals surface area contributed by atoms with Gasteiger partial charge in [0, 0.05) is 24.3 Å². The third kappa shape index (κ3) is 4.65. The Morgan fingerprint density at radius 3 is 2.33 bits per heavy atom. The van der Waals surface area contributed by atoms with Gasteiger partial charge in [-0.1, -0.05) is 12.1 Å². The zero-order chi connectivity index (χ0) is 19.4. The Morgan fingerprint density at radius 1 is 1.11 bits per heavy atom. The number of carbonyl (C=O) groups excluding carboxylic acids is 2. The topological polar surface area (TPSA) is 92.8 Å². The van der Waals surface area contributed by atoms with Gasteiger partial charge in [-0.3, -0.25) is 9.52 Å². The highest BCUT2D eigenvalue weighted by Gasteiger charge is 2.21. The highest BCUT2D eigenvalue weighted by molar-refractivity contribution is 7.91. The van der Waals surface area contributed by atoms with Crippen molar-refractivity contribution >= 4 is 33.3 Å². The van der Waals surface area contributed by atoms with Crippen molar-refractivity contribution < 1.29 is 22.7 Å². The SMILES string of the molecule is COC(=O)c1ccc(CS(=O)(=O)Nc2ccc(N3CCCC3=O)cc2)cc1. The van der Waals surface area contributed by atoms with Crippen LogP contribution in [0.3, 0.4) is 0 Å². The average Bonchev–Trinajstić information content (AvgIpc) is 3.07. The molecule has 1 amide bonds. The monoisotopic (exact) mass is 388 g/mol. The fourth-order valence-corrected chi connectivity index (χ4v) is 4.12. The van der Waals surface area contributed by atoms with Gasteiger partial charge in [0.25, 0.3) is 0 Å². The number of benzene rings is 2. The summed E-state index contributed by atoms with van der Waals surface area (Å²) in [5, 5.41) is 0. The predicted octanol–water partition coefficient (Wildman–Crippen LogP) is 2.54. The quantitative estimate of drug-likeness (QED) is 0.768. The molecule has 27 heavy (non-hydrogen) atoms. The molecule has 2 aromatic carbocycles. The number of rotatable bonds is 6. The summed E-state index contributed by atoms with van der Waals surface area (Å²) in [7, 11) is -2.33. The highest BCUT2D eigenvalue weighted by Crippen LogP contribution is 2.23. The average molecular weight is 388 g/mol. The summed E-state index contributed by atoms with van der Waals surface area (Å²) in [6, 6.07) is 12.9. The Kier molecular flexibility index (Phi) is 5.46. The summed E-state index contributed by atoms with van der Waals surface area (Å²) in [4.78, 5) is 24.9. The second-order valence-electron chi connectivity index (χ2n) is 6.25. The number of amides is 1. The minimum absolute atomic E-state index is 0.0822. The Balaban J connectivity index is 1.65. The molecule has 8 heteroatoms. The molecule has 1 aliphatic rings. The van der Waals surface area contributed by atoms with Crippen molar-refractivity contribution in [3.63, 3.8) is 0 Å². The van der Waals surface area contributed by atoms with Crippen molar-refractivity contribution in [3.8, 4) is 0 Å². The molecule has 7 nitrogen and oxygen atoms in total. The van der Waals surface area contributed by atoms with Gasteiger partial charge in [-0.05, 0) is 48.4 Å². The summed E-state index contributed by atoms with van der Waals surface area (Å²) in [6.07, 6.45) is 1.38. The lowest BCUT2D eigenvalue weighted by molar-refractivity contribution is -0.117. The van der Waals surface area contributed by atoms with E-state index in [4.69, 9.17) is 0 Å². The van der Waals surface area contributed by atoms with Gasteiger partial charge in [-0.25, -0.2) is 13.2 Å². The van der Waals surface area contributed by atoms with E-state index in [2.05, 4.69) is 9.46 Å². The molecule has 1 saturated heterocycles. The van der Waals surface area contributed by atoms with Crippen molar-refractivity contribution in [2.75, 3.05) is 23.3 Å². The van der Waals surface area contributed by atoms with Crippen LogP contribution in [0.2, 0.25) is 0 Å². The van der Waals surface area contributed by atoms with Crippen LogP contribution in [0.5, 0.6) is 0 Å². The Labute approximate surface area is 158 Å². The molecule has 142 valence electrons. The first kappa shape index (κ1) is 18.9. The zero-order valence-corrected chi connectivity index (χ0v) is 15.7. The number of anilines is 2. The van der Waals surface area contributed by atoms with Gasteiger partial charge >= 0.3 is 5.97 Å². The van der Waals surface area contributed by atoms with E-state index < -0.39 is 16.0 Å². The van der Waals surface area contributed by atoms with Gasteiger partial charge in [0.1, 0.15) is 0 Å². The van der Waals surface area contributed by atoms with Gasteiger partial charge in [0.15, 0.2) is 0 Å². The van der Waals surface area contributed by atoms with Crippen LogP contribution in [-0.2, 0) is 25.3 Å². The molecule has 0 aliphatic carbocycles. The number of hydrogen-bond donors (Lipinski definition) is 1.